The van der Waals surface area contributed by atoms with Crippen molar-refractivity contribution < 1.29 is 13.3 Å². The van der Waals surface area contributed by atoms with Crippen LogP contribution in [0.15, 0.2) is 99.5 Å². The number of nitrogens with zero attached hydrogens (tertiary/aromatic N) is 1. The Morgan fingerprint density at radius 1 is 0.867 bits per heavy atom. The summed E-state index contributed by atoms with van der Waals surface area (Å²) < 4.78 is 27.9. The molecule has 5 rings (SSSR count). The maximum absolute atomic E-state index is 14.0. The number of halogens is 1. The quantitative estimate of drug-likeness (QED) is 0.505. The largest absolute Gasteiger partial charge is 0.391 e. The van der Waals surface area contributed by atoms with Gasteiger partial charge in [-0.15, -0.1) is 0 Å². The lowest BCUT2D eigenvalue weighted by Gasteiger charge is -2.30. The van der Waals surface area contributed by atoms with Crippen molar-refractivity contribution in [2.75, 3.05) is 0 Å². The first-order valence-corrected chi connectivity index (χ1v) is 12.1. The molecule has 0 saturated heterocycles. The second-order valence-electron chi connectivity index (χ2n) is 7.82. The molecule has 30 heavy (non-hydrogen) atoms. The molecule has 2 aliphatic rings. The van der Waals surface area contributed by atoms with Crippen molar-refractivity contribution in [2.24, 2.45) is 11.1 Å². The molecule has 0 N–H and O–H groups in total. The highest BCUT2D eigenvalue weighted by Gasteiger charge is 2.59. The van der Waals surface area contributed by atoms with Gasteiger partial charge < -0.3 is 4.84 Å². The summed E-state index contributed by atoms with van der Waals surface area (Å²) in [5, 5.41) is 4.33. The molecule has 0 amide bonds. The highest BCUT2D eigenvalue weighted by Crippen LogP contribution is 2.54. The molecule has 3 aromatic rings. The maximum Gasteiger partial charge on any atom is 0.188 e. The SMILES string of the molecule is O=S(=O)(c1ccccc1)[C@@]1(c2ccc(Br)cc2)C[C@@H]2ON=C(c3ccccc3)[C@@H]2C1. The van der Waals surface area contributed by atoms with Gasteiger partial charge >= 0.3 is 0 Å². The van der Waals surface area contributed by atoms with Gasteiger partial charge in [0.15, 0.2) is 9.84 Å². The van der Waals surface area contributed by atoms with E-state index in [1.807, 2.05) is 60.7 Å². The zero-order chi connectivity index (χ0) is 20.8. The summed E-state index contributed by atoms with van der Waals surface area (Å²) in [5.41, 5.74) is 2.61. The van der Waals surface area contributed by atoms with Crippen molar-refractivity contribution in [1.82, 2.24) is 0 Å². The second-order valence-corrected chi connectivity index (χ2v) is 11.0. The predicted octanol–water partition coefficient (Wildman–Crippen LogP) is 5.33. The number of sulfone groups is 1. The summed E-state index contributed by atoms with van der Waals surface area (Å²) in [6.45, 7) is 0. The molecule has 0 spiro atoms. The van der Waals surface area contributed by atoms with E-state index >= 15 is 0 Å². The van der Waals surface area contributed by atoms with Crippen LogP contribution in [-0.4, -0.2) is 20.2 Å². The van der Waals surface area contributed by atoms with Crippen molar-refractivity contribution >= 4 is 31.5 Å². The van der Waals surface area contributed by atoms with E-state index < -0.39 is 14.6 Å². The molecule has 1 fully saturated rings. The zero-order valence-electron chi connectivity index (χ0n) is 16.1. The second kappa shape index (κ2) is 7.36. The van der Waals surface area contributed by atoms with E-state index in [1.165, 1.54) is 0 Å². The fourth-order valence-corrected chi connectivity index (χ4v) is 7.14. The van der Waals surface area contributed by atoms with E-state index in [0.29, 0.717) is 17.7 Å². The summed E-state index contributed by atoms with van der Waals surface area (Å²) in [4.78, 5) is 6.13. The van der Waals surface area contributed by atoms with Crippen LogP contribution in [0.1, 0.15) is 24.0 Å². The molecular formula is C24H20BrNO3S. The number of benzene rings is 3. The number of hydrogen-bond acceptors (Lipinski definition) is 4. The first kappa shape index (κ1) is 19.5. The van der Waals surface area contributed by atoms with Crippen molar-refractivity contribution in [1.29, 1.82) is 0 Å². The minimum atomic E-state index is -3.66. The minimum Gasteiger partial charge on any atom is -0.391 e. The Kier molecular flexibility index (Phi) is 4.79. The van der Waals surface area contributed by atoms with Crippen LogP contribution in [0.25, 0.3) is 0 Å². The monoisotopic (exact) mass is 481 g/mol. The topological polar surface area (TPSA) is 55.7 Å². The van der Waals surface area contributed by atoms with E-state index in [0.717, 1.165) is 21.3 Å². The minimum absolute atomic E-state index is 0.0745. The van der Waals surface area contributed by atoms with Gasteiger partial charge in [0.05, 0.1) is 10.6 Å². The molecule has 1 saturated carbocycles. The number of hydrogen-bond donors (Lipinski definition) is 0. The highest BCUT2D eigenvalue weighted by atomic mass is 79.9. The predicted molar refractivity (Wildman–Crippen MR) is 120 cm³/mol. The van der Waals surface area contributed by atoms with Crippen LogP contribution in [0.3, 0.4) is 0 Å². The first-order valence-electron chi connectivity index (χ1n) is 9.86. The van der Waals surface area contributed by atoms with Gasteiger partial charge in [0.1, 0.15) is 10.9 Å². The van der Waals surface area contributed by atoms with Gasteiger partial charge in [-0.3, -0.25) is 0 Å². The lowest BCUT2D eigenvalue weighted by molar-refractivity contribution is 0.0723. The summed E-state index contributed by atoms with van der Waals surface area (Å²) in [5.74, 6) is -0.0745. The van der Waals surface area contributed by atoms with Crippen LogP contribution in [0, 0.1) is 5.92 Å². The normalized spacial score (nSPS) is 25.4. The van der Waals surface area contributed by atoms with E-state index in [4.69, 9.17) is 4.84 Å². The molecule has 3 atom stereocenters. The number of fused-ring (bicyclic) bond motifs is 1. The Balaban J connectivity index is 1.63. The molecule has 6 heteroatoms. The Labute approximate surface area is 184 Å². The molecule has 0 unspecified atom stereocenters. The zero-order valence-corrected chi connectivity index (χ0v) is 18.5. The van der Waals surface area contributed by atoms with Gasteiger partial charge in [0, 0.05) is 16.8 Å². The summed E-state index contributed by atoms with van der Waals surface area (Å²) in [7, 11) is -3.66. The van der Waals surface area contributed by atoms with Gasteiger partial charge in [0.25, 0.3) is 0 Å². The Morgan fingerprint density at radius 2 is 1.50 bits per heavy atom. The van der Waals surface area contributed by atoms with E-state index in [-0.39, 0.29) is 12.0 Å². The number of oxime groups is 1. The molecule has 4 nitrogen and oxygen atoms in total. The number of rotatable bonds is 4. The van der Waals surface area contributed by atoms with Gasteiger partial charge in [-0.2, -0.15) is 0 Å². The van der Waals surface area contributed by atoms with E-state index in [9.17, 15) is 8.42 Å². The Morgan fingerprint density at radius 3 is 2.17 bits per heavy atom. The maximum atomic E-state index is 14.0. The lowest BCUT2D eigenvalue weighted by atomic mass is 9.91. The standard InChI is InChI=1S/C24H20BrNO3S/c25-19-13-11-18(12-14-19)24(30(27,28)20-9-5-2-6-10-20)15-21-22(16-24)29-26-23(21)17-7-3-1-4-8-17/h1-14,21-22H,15-16H2/t21-,22+,24-/m1/s1. The highest BCUT2D eigenvalue weighted by molar-refractivity contribution is 9.10. The third-order valence-electron chi connectivity index (χ3n) is 6.17. The van der Waals surface area contributed by atoms with Gasteiger partial charge in [-0.1, -0.05) is 81.7 Å². The molecule has 0 aromatic heterocycles. The lowest BCUT2D eigenvalue weighted by Crippen LogP contribution is -2.34. The Hall–Kier alpha value is -2.44. The Bertz CT molecular complexity index is 1190. The van der Waals surface area contributed by atoms with Crippen LogP contribution in [-0.2, 0) is 19.4 Å². The smallest absolute Gasteiger partial charge is 0.188 e. The molecule has 152 valence electrons. The summed E-state index contributed by atoms with van der Waals surface area (Å²) in [6, 6.07) is 26.2. The molecule has 1 aliphatic carbocycles. The van der Waals surface area contributed by atoms with Crippen LogP contribution in [0.2, 0.25) is 0 Å². The molecule has 0 radical (unpaired) electrons. The van der Waals surface area contributed by atoms with Crippen LogP contribution >= 0.6 is 15.9 Å². The molecular weight excluding hydrogens is 462 g/mol. The summed E-state index contributed by atoms with van der Waals surface area (Å²) >= 11 is 3.46. The molecule has 0 bridgehead atoms. The molecule has 3 aromatic carbocycles. The van der Waals surface area contributed by atoms with Crippen molar-refractivity contribution in [3.8, 4) is 0 Å². The molecule has 1 heterocycles. The van der Waals surface area contributed by atoms with Crippen molar-refractivity contribution in [3.05, 3.63) is 101 Å². The van der Waals surface area contributed by atoms with Crippen LogP contribution in [0.4, 0.5) is 0 Å². The third kappa shape index (κ3) is 3.01. The summed E-state index contributed by atoms with van der Waals surface area (Å²) in [6.07, 6.45) is 0.544. The van der Waals surface area contributed by atoms with Gasteiger partial charge in [0.2, 0.25) is 0 Å². The molecule has 1 aliphatic heterocycles. The van der Waals surface area contributed by atoms with Gasteiger partial charge in [-0.25, -0.2) is 8.42 Å². The van der Waals surface area contributed by atoms with E-state index in [2.05, 4.69) is 21.1 Å². The van der Waals surface area contributed by atoms with E-state index in [1.54, 1.807) is 24.3 Å². The third-order valence-corrected chi connectivity index (χ3v) is 9.19. The fraction of sp³-hybridized carbons (Fsp3) is 0.208. The van der Waals surface area contributed by atoms with Crippen molar-refractivity contribution in [3.63, 3.8) is 0 Å². The average Bonchev–Trinajstić information content (AvgIpc) is 3.34. The van der Waals surface area contributed by atoms with Crippen molar-refractivity contribution in [2.45, 2.75) is 28.6 Å². The first-order chi connectivity index (χ1) is 14.5. The fourth-order valence-electron chi connectivity index (χ4n) is 4.68. The average molecular weight is 482 g/mol. The van der Waals surface area contributed by atoms with Crippen LogP contribution in [0.5, 0.6) is 0 Å². The van der Waals surface area contributed by atoms with Crippen LogP contribution < -0.4 is 0 Å². The van der Waals surface area contributed by atoms with Gasteiger partial charge in [-0.05, 0) is 41.8 Å².